The van der Waals surface area contributed by atoms with Crippen molar-refractivity contribution in [1.29, 1.82) is 0 Å². The van der Waals surface area contributed by atoms with E-state index in [0.717, 1.165) is 43.7 Å². The maximum absolute atomic E-state index is 14.4. The van der Waals surface area contributed by atoms with Crippen molar-refractivity contribution in [3.05, 3.63) is 62.6 Å². The third-order valence-electron chi connectivity index (χ3n) is 6.13. The summed E-state index contributed by atoms with van der Waals surface area (Å²) >= 11 is 0. The Balaban J connectivity index is 1.33. The number of nitrogens with zero attached hydrogens (tertiary/aromatic N) is 2. The molecule has 1 fully saturated rings. The van der Waals surface area contributed by atoms with Crippen LogP contribution in [0.1, 0.15) is 51.6 Å². The number of likely N-dealkylation sites (tertiary alicyclic amines) is 1. The number of hydrogen-bond acceptors (Lipinski definition) is 5. The Bertz CT molecular complexity index is 998. The van der Waals surface area contributed by atoms with Crippen molar-refractivity contribution in [3.8, 4) is 0 Å². The van der Waals surface area contributed by atoms with Crippen LogP contribution in [-0.2, 0) is 17.8 Å². The van der Waals surface area contributed by atoms with Gasteiger partial charge < -0.3 is 19.9 Å². The highest BCUT2D eigenvalue weighted by atomic mass is 19.1. The number of aromatic nitrogens is 2. The zero-order valence-electron chi connectivity index (χ0n) is 17.3. The van der Waals surface area contributed by atoms with Gasteiger partial charge in [-0.25, -0.2) is 4.98 Å². The van der Waals surface area contributed by atoms with Gasteiger partial charge in [0.05, 0.1) is 12.7 Å². The first-order valence-electron chi connectivity index (χ1n) is 10.4. The van der Waals surface area contributed by atoms with Crippen LogP contribution in [0, 0.1) is 12.9 Å². The highest BCUT2D eigenvalue weighted by Crippen LogP contribution is 2.30. The summed E-state index contributed by atoms with van der Waals surface area (Å²) in [6.07, 6.45) is 2.40. The van der Waals surface area contributed by atoms with E-state index in [1.165, 1.54) is 7.05 Å². The molecule has 2 aromatic heterocycles. The van der Waals surface area contributed by atoms with Gasteiger partial charge >= 0.3 is 0 Å². The van der Waals surface area contributed by atoms with Crippen LogP contribution in [0.15, 0.2) is 23.0 Å². The van der Waals surface area contributed by atoms with Crippen molar-refractivity contribution in [3.63, 3.8) is 0 Å². The van der Waals surface area contributed by atoms with Gasteiger partial charge in [0.25, 0.3) is 11.5 Å². The minimum Gasteiger partial charge on any atom is -0.372 e. The maximum Gasteiger partial charge on any atom is 0.269 e. The first-order valence-corrected chi connectivity index (χ1v) is 10.4. The number of aromatic amines is 1. The topological polar surface area (TPSA) is 87.3 Å². The van der Waals surface area contributed by atoms with Crippen molar-refractivity contribution < 1.29 is 13.9 Å². The molecular formula is C22H27FN4O3. The number of carbonyl (C=O) groups is 1. The number of nitrogens with one attached hydrogen (secondary N) is 2. The van der Waals surface area contributed by atoms with Gasteiger partial charge in [0.1, 0.15) is 5.69 Å². The van der Waals surface area contributed by atoms with Gasteiger partial charge in [-0.2, -0.15) is 4.39 Å². The van der Waals surface area contributed by atoms with Gasteiger partial charge in [0.2, 0.25) is 5.95 Å². The Morgan fingerprint density at radius 2 is 2.13 bits per heavy atom. The number of carbonyl (C=O) groups excluding carboxylic acids is 1. The number of piperidine rings is 1. The predicted octanol–water partition coefficient (Wildman–Crippen LogP) is 1.90. The SMILES string of the molecule is CNC(=O)c1ccc(C2CCN(CC3Cc4[nH]c(=O)c(C)cc4CO3)CC2)c(F)n1. The highest BCUT2D eigenvalue weighted by molar-refractivity contribution is 5.91. The molecule has 2 N–H and O–H groups in total. The van der Waals surface area contributed by atoms with Crippen LogP contribution in [0.25, 0.3) is 0 Å². The summed E-state index contributed by atoms with van der Waals surface area (Å²) in [5.74, 6) is -0.846. The number of H-pyrrole nitrogens is 1. The average molecular weight is 414 g/mol. The Hall–Kier alpha value is -2.58. The largest absolute Gasteiger partial charge is 0.372 e. The van der Waals surface area contributed by atoms with Gasteiger partial charge in [-0.1, -0.05) is 6.07 Å². The molecule has 2 aromatic rings. The lowest BCUT2D eigenvalue weighted by molar-refractivity contribution is -0.000683. The first-order chi connectivity index (χ1) is 14.4. The summed E-state index contributed by atoms with van der Waals surface area (Å²) in [5, 5.41) is 2.46. The minimum atomic E-state index is -0.555. The molecule has 4 rings (SSSR count). The van der Waals surface area contributed by atoms with E-state index in [-0.39, 0.29) is 29.2 Å². The number of fused-ring (bicyclic) bond motifs is 1. The fourth-order valence-corrected chi connectivity index (χ4v) is 4.37. The van der Waals surface area contributed by atoms with E-state index in [0.29, 0.717) is 24.2 Å². The molecule has 160 valence electrons. The molecule has 30 heavy (non-hydrogen) atoms. The molecule has 1 saturated heterocycles. The maximum atomic E-state index is 14.4. The van der Waals surface area contributed by atoms with Gasteiger partial charge in [-0.3, -0.25) is 9.59 Å². The second kappa shape index (κ2) is 8.65. The zero-order chi connectivity index (χ0) is 21.3. The molecule has 0 bridgehead atoms. The van der Waals surface area contributed by atoms with Crippen molar-refractivity contribution >= 4 is 5.91 Å². The molecule has 1 unspecified atom stereocenters. The van der Waals surface area contributed by atoms with Gasteiger partial charge in [-0.05, 0) is 56.5 Å². The molecule has 1 amide bonds. The molecule has 0 aliphatic carbocycles. The predicted molar refractivity (Wildman–Crippen MR) is 110 cm³/mol. The molecule has 0 saturated carbocycles. The van der Waals surface area contributed by atoms with Crippen LogP contribution >= 0.6 is 0 Å². The summed E-state index contributed by atoms with van der Waals surface area (Å²) < 4.78 is 20.5. The number of rotatable bonds is 4. The Morgan fingerprint density at radius 3 is 2.83 bits per heavy atom. The molecule has 2 aliphatic rings. The van der Waals surface area contributed by atoms with Crippen LogP contribution < -0.4 is 10.9 Å². The van der Waals surface area contributed by atoms with Gasteiger partial charge in [0, 0.05) is 36.8 Å². The van der Waals surface area contributed by atoms with Crippen molar-refractivity contribution in [2.24, 2.45) is 0 Å². The smallest absolute Gasteiger partial charge is 0.269 e. The van der Waals surface area contributed by atoms with Crippen LogP contribution in [0.5, 0.6) is 0 Å². The third kappa shape index (κ3) is 4.29. The van der Waals surface area contributed by atoms with E-state index in [1.807, 2.05) is 6.07 Å². The number of amides is 1. The third-order valence-corrected chi connectivity index (χ3v) is 6.13. The monoisotopic (exact) mass is 414 g/mol. The molecule has 8 heteroatoms. The number of halogens is 1. The quantitative estimate of drug-likeness (QED) is 0.747. The molecule has 4 heterocycles. The van der Waals surface area contributed by atoms with E-state index in [2.05, 4.69) is 20.2 Å². The number of ether oxygens (including phenoxy) is 1. The molecular weight excluding hydrogens is 387 g/mol. The number of pyridine rings is 2. The van der Waals surface area contributed by atoms with Crippen molar-refractivity contribution in [1.82, 2.24) is 20.2 Å². The zero-order valence-corrected chi connectivity index (χ0v) is 17.3. The van der Waals surface area contributed by atoms with E-state index < -0.39 is 5.95 Å². The lowest BCUT2D eigenvalue weighted by Crippen LogP contribution is -2.41. The Labute approximate surface area is 174 Å². The Morgan fingerprint density at radius 1 is 1.37 bits per heavy atom. The summed E-state index contributed by atoms with van der Waals surface area (Å²) in [6.45, 7) is 4.80. The lowest BCUT2D eigenvalue weighted by atomic mass is 9.89. The lowest BCUT2D eigenvalue weighted by Gasteiger charge is -2.35. The van der Waals surface area contributed by atoms with Crippen LogP contribution in [0.3, 0.4) is 0 Å². The van der Waals surface area contributed by atoms with Crippen LogP contribution in [0.2, 0.25) is 0 Å². The number of hydrogen-bond donors (Lipinski definition) is 2. The fourth-order valence-electron chi connectivity index (χ4n) is 4.37. The van der Waals surface area contributed by atoms with E-state index >= 15 is 0 Å². The average Bonchev–Trinajstić information content (AvgIpc) is 2.75. The van der Waals surface area contributed by atoms with Crippen molar-refractivity contribution in [2.45, 2.75) is 44.8 Å². The van der Waals surface area contributed by atoms with E-state index in [1.54, 1.807) is 19.1 Å². The molecule has 7 nitrogen and oxygen atoms in total. The second-order valence-electron chi connectivity index (χ2n) is 8.15. The second-order valence-corrected chi connectivity index (χ2v) is 8.15. The van der Waals surface area contributed by atoms with E-state index in [4.69, 9.17) is 4.74 Å². The summed E-state index contributed by atoms with van der Waals surface area (Å²) in [5.41, 5.74) is 3.39. The van der Waals surface area contributed by atoms with Crippen LogP contribution in [-0.4, -0.2) is 53.6 Å². The molecule has 0 aromatic carbocycles. The Kier molecular flexibility index (Phi) is 5.97. The van der Waals surface area contributed by atoms with E-state index in [9.17, 15) is 14.0 Å². The molecule has 1 atom stereocenters. The summed E-state index contributed by atoms with van der Waals surface area (Å²) in [6, 6.07) is 5.18. The fraction of sp³-hybridized carbons (Fsp3) is 0.500. The molecule has 0 spiro atoms. The first kappa shape index (κ1) is 20.7. The molecule has 0 radical (unpaired) electrons. The normalized spacial score (nSPS) is 20.0. The minimum absolute atomic E-state index is 0.0340. The number of aryl methyl sites for hydroxylation is 1. The molecule has 2 aliphatic heterocycles. The standard InChI is InChI=1S/C22H27FN4O3/c1-13-9-15-12-30-16(10-19(15)26-21(13)28)11-27-7-5-14(6-8-27)17-3-4-18(22(29)24-2)25-20(17)23/h3-4,9,14,16H,5-8,10-12H2,1-2H3,(H,24,29)(H,26,28). The summed E-state index contributed by atoms with van der Waals surface area (Å²) in [4.78, 5) is 32.7. The van der Waals surface area contributed by atoms with Gasteiger partial charge in [0.15, 0.2) is 0 Å². The highest BCUT2D eigenvalue weighted by Gasteiger charge is 2.28. The summed E-state index contributed by atoms with van der Waals surface area (Å²) in [7, 11) is 1.50. The van der Waals surface area contributed by atoms with Gasteiger partial charge in [-0.15, -0.1) is 0 Å². The van der Waals surface area contributed by atoms with Crippen LogP contribution in [0.4, 0.5) is 4.39 Å². The van der Waals surface area contributed by atoms with Crippen molar-refractivity contribution in [2.75, 3.05) is 26.7 Å².